The maximum Gasteiger partial charge on any atom is 0.319 e. The molecule has 0 atom stereocenters. The minimum atomic E-state index is -0.493. The van der Waals surface area contributed by atoms with Gasteiger partial charge in [0.1, 0.15) is 0 Å². The number of hydrogen-bond donors (Lipinski definition) is 3. The molecule has 0 saturated carbocycles. The second-order valence-corrected chi connectivity index (χ2v) is 5.12. The highest BCUT2D eigenvalue weighted by Gasteiger charge is 2.06. The molecule has 2 rings (SSSR count). The van der Waals surface area contributed by atoms with E-state index in [0.717, 1.165) is 5.56 Å². The van der Waals surface area contributed by atoms with Crippen LogP contribution in [0, 0.1) is 0 Å². The van der Waals surface area contributed by atoms with Crippen molar-refractivity contribution >= 4 is 17.6 Å². The lowest BCUT2D eigenvalue weighted by molar-refractivity contribution is 0.1000. The van der Waals surface area contributed by atoms with Crippen molar-refractivity contribution in [2.45, 2.75) is 19.9 Å². The van der Waals surface area contributed by atoms with Crippen molar-refractivity contribution in [3.63, 3.8) is 0 Å². The SMILES string of the molecule is CC(C)NC(=O)Nc1ccc(-c2cc(C(N)=O)ccn2)cc1. The van der Waals surface area contributed by atoms with E-state index < -0.39 is 5.91 Å². The summed E-state index contributed by atoms with van der Waals surface area (Å²) in [6.45, 7) is 3.78. The minimum Gasteiger partial charge on any atom is -0.366 e. The fourth-order valence-corrected chi connectivity index (χ4v) is 1.90. The normalized spacial score (nSPS) is 10.3. The van der Waals surface area contributed by atoms with Crippen LogP contribution in [0.15, 0.2) is 42.6 Å². The number of nitrogens with one attached hydrogen (secondary N) is 2. The molecule has 1 aromatic carbocycles. The van der Waals surface area contributed by atoms with Gasteiger partial charge in [0.2, 0.25) is 5.91 Å². The highest BCUT2D eigenvalue weighted by Crippen LogP contribution is 2.20. The predicted molar refractivity (Wildman–Crippen MR) is 85.5 cm³/mol. The van der Waals surface area contributed by atoms with Gasteiger partial charge in [0.25, 0.3) is 0 Å². The van der Waals surface area contributed by atoms with E-state index >= 15 is 0 Å². The Labute approximate surface area is 128 Å². The lowest BCUT2D eigenvalue weighted by atomic mass is 10.1. The number of nitrogens with two attached hydrogens (primary N) is 1. The second-order valence-electron chi connectivity index (χ2n) is 5.12. The summed E-state index contributed by atoms with van der Waals surface area (Å²) in [5.41, 5.74) is 7.82. The number of nitrogens with zero attached hydrogens (tertiary/aromatic N) is 1. The number of rotatable bonds is 4. The summed E-state index contributed by atoms with van der Waals surface area (Å²) in [5, 5.41) is 5.48. The van der Waals surface area contributed by atoms with Gasteiger partial charge in [-0.3, -0.25) is 9.78 Å². The predicted octanol–water partition coefficient (Wildman–Crippen LogP) is 2.38. The number of amides is 3. The molecular weight excluding hydrogens is 280 g/mol. The monoisotopic (exact) mass is 298 g/mol. The molecular formula is C16H18N4O2. The standard InChI is InChI=1S/C16H18N4O2/c1-10(2)19-16(22)20-13-5-3-11(4-6-13)14-9-12(15(17)21)7-8-18-14/h3-10H,1-2H3,(H2,17,21)(H2,19,20,22). The first kappa shape index (κ1) is 15.5. The minimum absolute atomic E-state index is 0.0695. The van der Waals surface area contributed by atoms with E-state index in [1.165, 1.54) is 6.20 Å². The van der Waals surface area contributed by atoms with Crippen LogP contribution in [0.3, 0.4) is 0 Å². The number of aromatic nitrogens is 1. The Balaban J connectivity index is 2.13. The molecule has 6 nitrogen and oxygen atoms in total. The van der Waals surface area contributed by atoms with E-state index in [2.05, 4.69) is 15.6 Å². The van der Waals surface area contributed by atoms with E-state index in [1.54, 1.807) is 24.3 Å². The van der Waals surface area contributed by atoms with Gasteiger partial charge in [-0.1, -0.05) is 12.1 Å². The van der Waals surface area contributed by atoms with Crippen LogP contribution in [0.1, 0.15) is 24.2 Å². The summed E-state index contributed by atoms with van der Waals surface area (Å²) >= 11 is 0. The molecule has 0 fully saturated rings. The summed E-state index contributed by atoms with van der Waals surface area (Å²) in [4.78, 5) is 27.0. The smallest absolute Gasteiger partial charge is 0.319 e. The van der Waals surface area contributed by atoms with E-state index in [-0.39, 0.29) is 12.1 Å². The van der Waals surface area contributed by atoms with Crippen LogP contribution in [-0.2, 0) is 0 Å². The molecule has 0 spiro atoms. The van der Waals surface area contributed by atoms with Gasteiger partial charge in [-0.15, -0.1) is 0 Å². The zero-order valence-corrected chi connectivity index (χ0v) is 12.5. The zero-order chi connectivity index (χ0) is 16.1. The van der Waals surface area contributed by atoms with Gasteiger partial charge in [0, 0.05) is 29.1 Å². The first-order valence-corrected chi connectivity index (χ1v) is 6.89. The van der Waals surface area contributed by atoms with Crippen LogP contribution >= 0.6 is 0 Å². The number of carbonyl (C=O) groups excluding carboxylic acids is 2. The van der Waals surface area contributed by atoms with Crippen molar-refractivity contribution < 1.29 is 9.59 Å². The Kier molecular flexibility index (Phi) is 4.73. The van der Waals surface area contributed by atoms with Gasteiger partial charge in [0.15, 0.2) is 0 Å². The molecule has 1 heterocycles. The largest absolute Gasteiger partial charge is 0.366 e. The maximum absolute atomic E-state index is 11.6. The molecule has 1 aromatic heterocycles. The van der Waals surface area contributed by atoms with Crippen LogP contribution in [-0.4, -0.2) is 23.0 Å². The molecule has 0 radical (unpaired) electrons. The lowest BCUT2D eigenvalue weighted by Gasteiger charge is -2.10. The molecule has 0 aliphatic carbocycles. The van der Waals surface area contributed by atoms with Crippen molar-refractivity contribution in [1.29, 1.82) is 0 Å². The van der Waals surface area contributed by atoms with Gasteiger partial charge in [-0.2, -0.15) is 0 Å². The maximum atomic E-state index is 11.6. The molecule has 0 unspecified atom stereocenters. The van der Waals surface area contributed by atoms with E-state index in [0.29, 0.717) is 16.9 Å². The number of benzene rings is 1. The molecule has 2 aromatic rings. The molecule has 3 amide bonds. The average Bonchev–Trinajstić information content (AvgIpc) is 2.47. The summed E-state index contributed by atoms with van der Waals surface area (Å²) < 4.78 is 0. The first-order chi connectivity index (χ1) is 10.5. The van der Waals surface area contributed by atoms with Gasteiger partial charge in [-0.25, -0.2) is 4.79 Å². The zero-order valence-electron chi connectivity index (χ0n) is 12.5. The lowest BCUT2D eigenvalue weighted by Crippen LogP contribution is -2.34. The molecule has 0 aliphatic heterocycles. The van der Waals surface area contributed by atoms with Crippen molar-refractivity contribution in [3.05, 3.63) is 48.2 Å². The highest BCUT2D eigenvalue weighted by molar-refractivity contribution is 5.93. The number of hydrogen-bond acceptors (Lipinski definition) is 3. The summed E-state index contributed by atoms with van der Waals surface area (Å²) in [7, 11) is 0. The first-order valence-electron chi connectivity index (χ1n) is 6.89. The number of urea groups is 1. The third kappa shape index (κ3) is 4.05. The molecule has 0 saturated heterocycles. The van der Waals surface area contributed by atoms with Crippen LogP contribution in [0.4, 0.5) is 10.5 Å². The molecule has 0 bridgehead atoms. The summed E-state index contributed by atoms with van der Waals surface area (Å²) in [5.74, 6) is -0.493. The van der Waals surface area contributed by atoms with Crippen LogP contribution in [0.5, 0.6) is 0 Å². The third-order valence-corrected chi connectivity index (χ3v) is 2.90. The van der Waals surface area contributed by atoms with E-state index in [4.69, 9.17) is 5.73 Å². The van der Waals surface area contributed by atoms with Crippen molar-refractivity contribution in [3.8, 4) is 11.3 Å². The van der Waals surface area contributed by atoms with Crippen LogP contribution < -0.4 is 16.4 Å². The fourth-order valence-electron chi connectivity index (χ4n) is 1.90. The number of primary amides is 1. The summed E-state index contributed by atoms with van der Waals surface area (Å²) in [6.07, 6.45) is 1.54. The van der Waals surface area contributed by atoms with Gasteiger partial charge in [-0.05, 0) is 38.1 Å². The number of pyridine rings is 1. The number of carbonyl (C=O) groups is 2. The Morgan fingerprint density at radius 2 is 1.82 bits per heavy atom. The average molecular weight is 298 g/mol. The molecule has 4 N–H and O–H groups in total. The molecule has 6 heteroatoms. The quantitative estimate of drug-likeness (QED) is 0.808. The Morgan fingerprint density at radius 3 is 2.41 bits per heavy atom. The van der Waals surface area contributed by atoms with Crippen molar-refractivity contribution in [2.24, 2.45) is 5.73 Å². The van der Waals surface area contributed by atoms with Crippen LogP contribution in [0.25, 0.3) is 11.3 Å². The highest BCUT2D eigenvalue weighted by atomic mass is 16.2. The van der Waals surface area contributed by atoms with Gasteiger partial charge in [0.05, 0.1) is 5.69 Å². The summed E-state index contributed by atoms with van der Waals surface area (Å²) in [6, 6.07) is 10.2. The second kappa shape index (κ2) is 6.71. The van der Waals surface area contributed by atoms with Crippen molar-refractivity contribution in [2.75, 3.05) is 5.32 Å². The van der Waals surface area contributed by atoms with Gasteiger partial charge < -0.3 is 16.4 Å². The van der Waals surface area contributed by atoms with Crippen LogP contribution in [0.2, 0.25) is 0 Å². The Hall–Kier alpha value is -2.89. The Bertz CT molecular complexity index is 681. The fraction of sp³-hybridized carbons (Fsp3) is 0.188. The van der Waals surface area contributed by atoms with E-state index in [9.17, 15) is 9.59 Å². The number of anilines is 1. The molecule has 114 valence electrons. The Morgan fingerprint density at radius 1 is 1.14 bits per heavy atom. The van der Waals surface area contributed by atoms with Gasteiger partial charge >= 0.3 is 6.03 Å². The van der Waals surface area contributed by atoms with Crippen molar-refractivity contribution in [1.82, 2.24) is 10.3 Å². The molecule has 22 heavy (non-hydrogen) atoms. The molecule has 0 aliphatic rings. The third-order valence-electron chi connectivity index (χ3n) is 2.90. The topological polar surface area (TPSA) is 97.1 Å². The van der Waals surface area contributed by atoms with E-state index in [1.807, 2.05) is 26.0 Å².